The molecule has 1 saturated carbocycles. The summed E-state index contributed by atoms with van der Waals surface area (Å²) in [6, 6.07) is 10.7. The van der Waals surface area contributed by atoms with Gasteiger partial charge in [0.2, 0.25) is 5.91 Å². The van der Waals surface area contributed by atoms with Crippen LogP contribution in [0.3, 0.4) is 0 Å². The molecule has 0 atom stereocenters. The van der Waals surface area contributed by atoms with Gasteiger partial charge in [0, 0.05) is 43.9 Å². The lowest BCUT2D eigenvalue weighted by Crippen LogP contribution is -2.48. The van der Waals surface area contributed by atoms with E-state index in [2.05, 4.69) is 10.6 Å². The highest BCUT2D eigenvalue weighted by atomic mass is 19.1. The molecule has 0 bridgehead atoms. The molecule has 4 rings (SSSR count). The number of halogens is 1. The van der Waals surface area contributed by atoms with Crippen LogP contribution >= 0.6 is 0 Å². The zero-order chi connectivity index (χ0) is 22.7. The van der Waals surface area contributed by atoms with Gasteiger partial charge < -0.3 is 15.5 Å². The molecule has 1 aliphatic heterocycles. The lowest BCUT2D eigenvalue weighted by molar-refractivity contribution is -0.384. The molecule has 2 aliphatic rings. The van der Waals surface area contributed by atoms with Gasteiger partial charge in [0.1, 0.15) is 11.5 Å². The summed E-state index contributed by atoms with van der Waals surface area (Å²) < 4.78 is 13.7. The van der Waals surface area contributed by atoms with E-state index in [-0.39, 0.29) is 41.3 Å². The molecule has 1 heterocycles. The summed E-state index contributed by atoms with van der Waals surface area (Å²) in [5, 5.41) is 17.0. The second-order valence-electron chi connectivity index (χ2n) is 8.00. The molecule has 0 spiro atoms. The smallest absolute Gasteiger partial charge is 0.293 e. The fraction of sp³-hybridized carbons (Fsp3) is 0.364. The highest BCUT2D eigenvalue weighted by Crippen LogP contribution is 2.30. The maximum atomic E-state index is 13.7. The summed E-state index contributed by atoms with van der Waals surface area (Å²) in [7, 11) is 0. The predicted molar refractivity (Wildman–Crippen MR) is 117 cm³/mol. The number of hydrogen-bond donors (Lipinski definition) is 2. The van der Waals surface area contributed by atoms with Crippen LogP contribution in [-0.2, 0) is 4.79 Å². The summed E-state index contributed by atoms with van der Waals surface area (Å²) in [4.78, 5) is 39.4. The molecule has 2 fully saturated rings. The van der Waals surface area contributed by atoms with E-state index in [0.717, 1.165) is 12.8 Å². The van der Waals surface area contributed by atoms with Crippen LogP contribution in [0, 0.1) is 15.9 Å². The third-order valence-corrected chi connectivity index (χ3v) is 5.58. The predicted octanol–water partition coefficient (Wildman–Crippen LogP) is 2.39. The third kappa shape index (κ3) is 5.20. The molecule has 2 aromatic carbocycles. The summed E-state index contributed by atoms with van der Waals surface area (Å²) >= 11 is 0. The SMILES string of the molecule is O=C(CN1CCN(c2ccc(C(=O)NC3CC3)cc2[N+](=O)[O-])CC1)Nc1ccccc1F. The number of anilines is 2. The molecule has 2 aromatic rings. The Kier molecular flexibility index (Phi) is 6.31. The number of nitro groups is 1. The van der Waals surface area contributed by atoms with Crippen LogP contribution in [0.5, 0.6) is 0 Å². The van der Waals surface area contributed by atoms with Crippen LogP contribution in [0.1, 0.15) is 23.2 Å². The van der Waals surface area contributed by atoms with Gasteiger partial charge in [0.05, 0.1) is 17.2 Å². The van der Waals surface area contributed by atoms with Gasteiger partial charge in [-0.05, 0) is 37.1 Å². The van der Waals surface area contributed by atoms with Gasteiger partial charge >= 0.3 is 0 Å². The number of carbonyl (C=O) groups excluding carboxylic acids is 2. The molecule has 1 aliphatic carbocycles. The second kappa shape index (κ2) is 9.31. The number of rotatable bonds is 7. The van der Waals surface area contributed by atoms with Crippen LogP contribution in [0.25, 0.3) is 0 Å². The Morgan fingerprint density at radius 3 is 2.47 bits per heavy atom. The molecular weight excluding hydrogens is 417 g/mol. The van der Waals surface area contributed by atoms with Crippen LogP contribution < -0.4 is 15.5 Å². The molecular formula is C22H24FN5O4. The minimum atomic E-state index is -0.493. The van der Waals surface area contributed by atoms with Gasteiger partial charge in [-0.15, -0.1) is 0 Å². The number of piperazine rings is 1. The zero-order valence-corrected chi connectivity index (χ0v) is 17.4. The van der Waals surface area contributed by atoms with Gasteiger partial charge in [-0.25, -0.2) is 4.39 Å². The van der Waals surface area contributed by atoms with Crippen molar-refractivity contribution in [3.8, 4) is 0 Å². The number of nitrogens with one attached hydrogen (secondary N) is 2. The molecule has 2 N–H and O–H groups in total. The van der Waals surface area contributed by atoms with Gasteiger partial charge in [0.15, 0.2) is 0 Å². The summed E-state index contributed by atoms with van der Waals surface area (Å²) in [6.45, 7) is 2.12. The average Bonchev–Trinajstić information content (AvgIpc) is 3.59. The molecule has 10 heteroatoms. The fourth-order valence-corrected chi connectivity index (χ4v) is 3.68. The highest BCUT2D eigenvalue weighted by molar-refractivity contribution is 5.96. The van der Waals surface area contributed by atoms with Crippen LogP contribution in [0.4, 0.5) is 21.5 Å². The van der Waals surface area contributed by atoms with Crippen molar-refractivity contribution in [1.82, 2.24) is 10.2 Å². The summed E-state index contributed by atoms with van der Waals surface area (Å²) in [5.74, 6) is -1.11. The van der Waals surface area contributed by atoms with Gasteiger partial charge in [-0.3, -0.25) is 24.6 Å². The fourth-order valence-electron chi connectivity index (χ4n) is 3.68. The standard InChI is InChI=1S/C22H24FN5O4/c23-17-3-1-2-4-18(17)25-21(29)14-26-9-11-27(12-10-26)19-8-5-15(13-20(19)28(31)32)22(30)24-16-6-7-16/h1-5,8,13,16H,6-7,9-12,14H2,(H,24,30)(H,25,29). The molecule has 2 amide bonds. The minimum Gasteiger partial charge on any atom is -0.363 e. The Bertz CT molecular complexity index is 1030. The Morgan fingerprint density at radius 2 is 1.81 bits per heavy atom. The third-order valence-electron chi connectivity index (χ3n) is 5.58. The first-order valence-electron chi connectivity index (χ1n) is 10.5. The second-order valence-corrected chi connectivity index (χ2v) is 8.00. The minimum absolute atomic E-state index is 0.102. The quantitative estimate of drug-likeness (QED) is 0.505. The highest BCUT2D eigenvalue weighted by Gasteiger charge is 2.28. The van der Waals surface area contributed by atoms with E-state index in [1.165, 1.54) is 18.2 Å². The molecule has 9 nitrogen and oxygen atoms in total. The van der Waals surface area contributed by atoms with Gasteiger partial charge in [-0.1, -0.05) is 12.1 Å². The topological polar surface area (TPSA) is 108 Å². The molecule has 168 valence electrons. The number of para-hydroxylation sites is 1. The van der Waals surface area contributed by atoms with Crippen LogP contribution in [-0.4, -0.2) is 60.4 Å². The number of benzene rings is 2. The number of amides is 2. The van der Waals surface area contributed by atoms with E-state index in [1.807, 2.05) is 9.80 Å². The first-order chi connectivity index (χ1) is 15.4. The van der Waals surface area contributed by atoms with E-state index in [4.69, 9.17) is 0 Å². The Morgan fingerprint density at radius 1 is 1.09 bits per heavy atom. The van der Waals surface area contributed by atoms with E-state index < -0.39 is 10.7 Å². The Labute approximate surface area is 184 Å². The van der Waals surface area contributed by atoms with Crippen molar-refractivity contribution >= 4 is 28.9 Å². The van der Waals surface area contributed by atoms with Crippen molar-refractivity contribution in [2.45, 2.75) is 18.9 Å². The number of hydrogen-bond acceptors (Lipinski definition) is 6. The monoisotopic (exact) mass is 441 g/mol. The van der Waals surface area contributed by atoms with Gasteiger partial charge in [-0.2, -0.15) is 0 Å². The molecule has 0 radical (unpaired) electrons. The first-order valence-corrected chi connectivity index (χ1v) is 10.5. The molecule has 0 aromatic heterocycles. The molecule has 0 unspecified atom stereocenters. The van der Waals surface area contributed by atoms with Crippen molar-refractivity contribution in [3.05, 3.63) is 64.0 Å². The Balaban J connectivity index is 1.36. The zero-order valence-electron chi connectivity index (χ0n) is 17.4. The van der Waals surface area contributed by atoms with E-state index >= 15 is 0 Å². The molecule has 1 saturated heterocycles. The number of nitro benzene ring substituents is 1. The largest absolute Gasteiger partial charge is 0.363 e. The van der Waals surface area contributed by atoms with Crippen molar-refractivity contribution in [1.29, 1.82) is 0 Å². The average molecular weight is 441 g/mol. The van der Waals surface area contributed by atoms with Gasteiger partial charge in [0.25, 0.3) is 11.6 Å². The van der Waals surface area contributed by atoms with E-state index in [1.54, 1.807) is 24.3 Å². The maximum Gasteiger partial charge on any atom is 0.293 e. The normalized spacial score (nSPS) is 16.5. The van der Waals surface area contributed by atoms with Crippen LogP contribution in [0.2, 0.25) is 0 Å². The Hall–Kier alpha value is -3.53. The first kappa shape index (κ1) is 21.7. The summed E-state index contributed by atoms with van der Waals surface area (Å²) in [5.41, 5.74) is 0.751. The summed E-state index contributed by atoms with van der Waals surface area (Å²) in [6.07, 6.45) is 1.88. The van der Waals surface area contributed by atoms with Crippen molar-refractivity contribution in [2.75, 3.05) is 42.9 Å². The van der Waals surface area contributed by atoms with Crippen molar-refractivity contribution in [2.24, 2.45) is 0 Å². The number of nitrogens with zero attached hydrogens (tertiary/aromatic N) is 3. The lowest BCUT2D eigenvalue weighted by atomic mass is 10.1. The van der Waals surface area contributed by atoms with E-state index in [0.29, 0.717) is 31.9 Å². The maximum absolute atomic E-state index is 13.7. The van der Waals surface area contributed by atoms with E-state index in [9.17, 15) is 24.1 Å². The van der Waals surface area contributed by atoms with Crippen molar-refractivity contribution < 1.29 is 18.9 Å². The molecule has 32 heavy (non-hydrogen) atoms. The van der Waals surface area contributed by atoms with Crippen molar-refractivity contribution in [3.63, 3.8) is 0 Å². The number of carbonyl (C=O) groups is 2. The lowest BCUT2D eigenvalue weighted by Gasteiger charge is -2.35. The van der Waals surface area contributed by atoms with Crippen LogP contribution in [0.15, 0.2) is 42.5 Å².